The number of sulfonamides is 1. The van der Waals surface area contributed by atoms with Crippen LogP contribution in [0.3, 0.4) is 0 Å². The maximum Gasteiger partial charge on any atom is 0.251 e. The second-order valence-electron chi connectivity index (χ2n) is 6.77. The van der Waals surface area contributed by atoms with E-state index in [4.69, 9.17) is 0 Å². The quantitative estimate of drug-likeness (QED) is 0.871. The van der Waals surface area contributed by atoms with Gasteiger partial charge in [0.1, 0.15) is 0 Å². The van der Waals surface area contributed by atoms with Gasteiger partial charge in [-0.2, -0.15) is 0 Å². The average Bonchev–Trinajstić information content (AvgIpc) is 2.55. The molecular weight excluding hydrogens is 348 g/mol. The molecule has 26 heavy (non-hydrogen) atoms. The summed E-state index contributed by atoms with van der Waals surface area (Å²) in [6.07, 6.45) is 1.15. The smallest absolute Gasteiger partial charge is 0.251 e. The molecule has 0 aliphatic carbocycles. The Labute approximate surface area is 156 Å². The first-order valence-corrected chi connectivity index (χ1v) is 10.3. The predicted octanol–water partition coefficient (Wildman–Crippen LogP) is 3.50. The lowest BCUT2D eigenvalue weighted by atomic mass is 10.0. The molecule has 0 heterocycles. The van der Waals surface area contributed by atoms with E-state index in [2.05, 4.69) is 18.3 Å². The van der Waals surface area contributed by atoms with Crippen molar-refractivity contribution < 1.29 is 13.2 Å². The van der Waals surface area contributed by atoms with Crippen LogP contribution in [0.25, 0.3) is 0 Å². The number of aryl methyl sites for hydroxylation is 3. The van der Waals surface area contributed by atoms with E-state index in [1.807, 2.05) is 26.0 Å². The molecule has 2 rings (SSSR count). The number of nitrogens with one attached hydrogen (secondary N) is 1. The van der Waals surface area contributed by atoms with E-state index < -0.39 is 10.0 Å². The molecule has 0 aliphatic rings. The van der Waals surface area contributed by atoms with Crippen molar-refractivity contribution in [1.82, 2.24) is 5.32 Å². The van der Waals surface area contributed by atoms with Crippen LogP contribution in [0.15, 0.2) is 36.4 Å². The summed E-state index contributed by atoms with van der Waals surface area (Å²) in [5.74, 6) is -0.188. The molecule has 0 saturated heterocycles. The third kappa shape index (κ3) is 4.43. The monoisotopic (exact) mass is 374 g/mol. The number of carbonyl (C=O) groups is 1. The van der Waals surface area contributed by atoms with E-state index in [0.717, 1.165) is 17.4 Å². The highest BCUT2D eigenvalue weighted by Gasteiger charge is 2.17. The number of nitrogens with zero attached hydrogens (tertiary/aromatic N) is 1. The molecule has 2 aromatic rings. The van der Waals surface area contributed by atoms with Crippen molar-refractivity contribution >= 4 is 21.6 Å². The van der Waals surface area contributed by atoms with E-state index in [-0.39, 0.29) is 11.9 Å². The van der Waals surface area contributed by atoms with Gasteiger partial charge in [0.2, 0.25) is 10.0 Å². The second kappa shape index (κ2) is 7.50. The molecule has 0 aliphatic heterocycles. The summed E-state index contributed by atoms with van der Waals surface area (Å²) in [4.78, 5) is 12.6. The Morgan fingerprint density at radius 1 is 1.00 bits per heavy atom. The fourth-order valence-corrected chi connectivity index (χ4v) is 3.29. The fraction of sp³-hybridized carbons (Fsp3) is 0.350. The van der Waals surface area contributed by atoms with Crippen LogP contribution >= 0.6 is 0 Å². The van der Waals surface area contributed by atoms with E-state index in [1.165, 1.54) is 22.5 Å². The summed E-state index contributed by atoms with van der Waals surface area (Å²) in [6.45, 7) is 7.84. The SMILES string of the molecule is Cc1ccc([C@@H](C)NC(=O)c2ccc(N(C)S(C)(=O)=O)c(C)c2)cc1C. The van der Waals surface area contributed by atoms with Gasteiger partial charge in [0.15, 0.2) is 0 Å². The largest absolute Gasteiger partial charge is 0.346 e. The van der Waals surface area contributed by atoms with Crippen LogP contribution in [0.4, 0.5) is 5.69 Å². The summed E-state index contributed by atoms with van der Waals surface area (Å²) in [5, 5.41) is 2.99. The van der Waals surface area contributed by atoms with Crippen LogP contribution in [0.2, 0.25) is 0 Å². The molecule has 0 aromatic heterocycles. The average molecular weight is 375 g/mol. The van der Waals surface area contributed by atoms with Crippen molar-refractivity contribution in [2.24, 2.45) is 0 Å². The number of anilines is 1. The van der Waals surface area contributed by atoms with Crippen molar-refractivity contribution in [2.75, 3.05) is 17.6 Å². The van der Waals surface area contributed by atoms with Gasteiger partial charge in [-0.25, -0.2) is 8.42 Å². The maximum atomic E-state index is 12.6. The molecule has 2 aromatic carbocycles. The summed E-state index contributed by atoms with van der Waals surface area (Å²) in [6, 6.07) is 11.0. The minimum atomic E-state index is -3.34. The molecule has 0 radical (unpaired) electrons. The Balaban J connectivity index is 2.19. The third-order valence-electron chi connectivity index (χ3n) is 4.67. The Bertz CT molecular complexity index is 936. The predicted molar refractivity (Wildman–Crippen MR) is 106 cm³/mol. The van der Waals surface area contributed by atoms with Gasteiger partial charge >= 0.3 is 0 Å². The van der Waals surface area contributed by atoms with Crippen LogP contribution in [-0.4, -0.2) is 27.6 Å². The van der Waals surface area contributed by atoms with E-state index in [0.29, 0.717) is 11.3 Å². The number of benzene rings is 2. The first-order valence-electron chi connectivity index (χ1n) is 8.43. The van der Waals surface area contributed by atoms with Crippen LogP contribution in [0.5, 0.6) is 0 Å². The Hall–Kier alpha value is -2.34. The van der Waals surface area contributed by atoms with Gasteiger partial charge in [-0.15, -0.1) is 0 Å². The molecular formula is C20H26N2O3S. The highest BCUT2D eigenvalue weighted by Crippen LogP contribution is 2.23. The molecule has 140 valence electrons. The van der Waals surface area contributed by atoms with Crippen molar-refractivity contribution in [3.63, 3.8) is 0 Å². The van der Waals surface area contributed by atoms with E-state index >= 15 is 0 Å². The highest BCUT2D eigenvalue weighted by atomic mass is 32.2. The summed E-state index contributed by atoms with van der Waals surface area (Å²) < 4.78 is 24.6. The first-order chi connectivity index (χ1) is 12.0. The lowest BCUT2D eigenvalue weighted by molar-refractivity contribution is 0.0940. The zero-order chi connectivity index (χ0) is 19.6. The molecule has 0 spiro atoms. The van der Waals surface area contributed by atoms with Crippen molar-refractivity contribution in [3.05, 3.63) is 64.2 Å². The van der Waals surface area contributed by atoms with Crippen molar-refractivity contribution in [3.8, 4) is 0 Å². The molecule has 0 bridgehead atoms. The molecule has 1 N–H and O–H groups in total. The minimum Gasteiger partial charge on any atom is -0.346 e. The number of hydrogen-bond acceptors (Lipinski definition) is 3. The fourth-order valence-electron chi connectivity index (χ4n) is 2.73. The highest BCUT2D eigenvalue weighted by molar-refractivity contribution is 7.92. The summed E-state index contributed by atoms with van der Waals surface area (Å²) in [7, 11) is -1.84. The third-order valence-corrected chi connectivity index (χ3v) is 5.87. The lowest BCUT2D eigenvalue weighted by Gasteiger charge is -2.20. The molecule has 0 saturated carbocycles. The van der Waals surface area contributed by atoms with Gasteiger partial charge in [-0.3, -0.25) is 9.10 Å². The van der Waals surface area contributed by atoms with E-state index in [9.17, 15) is 13.2 Å². The zero-order valence-electron chi connectivity index (χ0n) is 16.1. The molecule has 1 atom stereocenters. The number of hydrogen-bond donors (Lipinski definition) is 1. The van der Waals surface area contributed by atoms with Crippen molar-refractivity contribution in [1.29, 1.82) is 0 Å². The van der Waals surface area contributed by atoms with Gasteiger partial charge < -0.3 is 5.32 Å². The van der Waals surface area contributed by atoms with Gasteiger partial charge in [-0.1, -0.05) is 18.2 Å². The van der Waals surface area contributed by atoms with Crippen molar-refractivity contribution in [2.45, 2.75) is 33.7 Å². The molecule has 0 fully saturated rings. The normalized spacial score (nSPS) is 12.5. The number of amides is 1. The van der Waals surface area contributed by atoms with Gasteiger partial charge in [-0.05, 0) is 68.1 Å². The number of carbonyl (C=O) groups excluding carboxylic acids is 1. The molecule has 5 nitrogen and oxygen atoms in total. The van der Waals surface area contributed by atoms with Crippen LogP contribution in [0, 0.1) is 20.8 Å². The zero-order valence-corrected chi connectivity index (χ0v) is 16.9. The van der Waals surface area contributed by atoms with Gasteiger partial charge in [0, 0.05) is 12.6 Å². The Morgan fingerprint density at radius 3 is 2.19 bits per heavy atom. The summed E-state index contributed by atoms with van der Waals surface area (Å²) in [5.41, 5.74) is 5.24. The van der Waals surface area contributed by atoms with Gasteiger partial charge in [0.25, 0.3) is 5.91 Å². The number of rotatable bonds is 5. The topological polar surface area (TPSA) is 66.5 Å². The Kier molecular flexibility index (Phi) is 5.76. The van der Waals surface area contributed by atoms with Crippen LogP contribution in [-0.2, 0) is 10.0 Å². The molecule has 6 heteroatoms. The second-order valence-corrected chi connectivity index (χ2v) is 8.78. The Morgan fingerprint density at radius 2 is 1.65 bits per heavy atom. The van der Waals surface area contributed by atoms with Crippen LogP contribution < -0.4 is 9.62 Å². The standard InChI is InChI=1S/C20H26N2O3S/c1-13-7-8-17(11-14(13)2)16(4)21-20(23)18-9-10-19(15(3)12-18)22(5)26(6,24)25/h7-12,16H,1-6H3,(H,21,23)/t16-/m1/s1. The molecule has 1 amide bonds. The van der Waals surface area contributed by atoms with E-state index in [1.54, 1.807) is 25.1 Å². The van der Waals surface area contributed by atoms with Crippen LogP contribution in [0.1, 0.15) is 45.6 Å². The lowest BCUT2D eigenvalue weighted by Crippen LogP contribution is -2.28. The minimum absolute atomic E-state index is 0.125. The van der Waals surface area contributed by atoms with Gasteiger partial charge in [0.05, 0.1) is 18.0 Å². The first kappa shape index (κ1) is 20.0. The summed E-state index contributed by atoms with van der Waals surface area (Å²) >= 11 is 0. The maximum absolute atomic E-state index is 12.6. The molecule has 0 unspecified atom stereocenters.